The standard InChI is InChI=1S/C10H12N2S.BrH/c1-7(2)13-10-11-8-5-3-4-6-9(8)12-10;/h3-7H,1-2H3,(H,11,12);1H. The van der Waals surface area contributed by atoms with Gasteiger partial charge in [0.1, 0.15) is 0 Å². The van der Waals surface area contributed by atoms with E-state index in [2.05, 4.69) is 23.8 Å². The summed E-state index contributed by atoms with van der Waals surface area (Å²) in [5, 5.41) is 1.58. The van der Waals surface area contributed by atoms with Crippen LogP contribution in [0.25, 0.3) is 11.0 Å². The minimum atomic E-state index is 0. The molecule has 0 aliphatic carbocycles. The summed E-state index contributed by atoms with van der Waals surface area (Å²) in [6, 6.07) is 8.10. The lowest BCUT2D eigenvalue weighted by Crippen LogP contribution is -1.86. The maximum atomic E-state index is 4.46. The molecule has 0 fully saturated rings. The SMILES string of the molecule is Br.CC(C)Sc1nc2ccccc2[nH]1. The molecule has 0 bridgehead atoms. The maximum Gasteiger partial charge on any atom is 0.166 e. The topological polar surface area (TPSA) is 28.7 Å². The lowest BCUT2D eigenvalue weighted by molar-refractivity contribution is 1.04. The number of rotatable bonds is 2. The number of hydrogen-bond acceptors (Lipinski definition) is 2. The minimum Gasteiger partial charge on any atom is -0.333 e. The Morgan fingerprint density at radius 3 is 2.64 bits per heavy atom. The fourth-order valence-corrected chi connectivity index (χ4v) is 1.97. The van der Waals surface area contributed by atoms with Crippen LogP contribution in [0.4, 0.5) is 0 Å². The van der Waals surface area contributed by atoms with Crippen molar-refractivity contribution in [2.24, 2.45) is 0 Å². The Kier molecular flexibility index (Phi) is 4.01. The summed E-state index contributed by atoms with van der Waals surface area (Å²) in [7, 11) is 0. The van der Waals surface area contributed by atoms with Crippen molar-refractivity contribution < 1.29 is 0 Å². The molecule has 2 nitrogen and oxygen atoms in total. The first-order chi connectivity index (χ1) is 6.25. The average Bonchev–Trinajstić information content (AvgIpc) is 2.44. The van der Waals surface area contributed by atoms with Crippen molar-refractivity contribution in [3.63, 3.8) is 0 Å². The van der Waals surface area contributed by atoms with Gasteiger partial charge in [-0.25, -0.2) is 4.98 Å². The monoisotopic (exact) mass is 272 g/mol. The minimum absolute atomic E-state index is 0. The Hall–Kier alpha value is -0.480. The fraction of sp³-hybridized carbons (Fsp3) is 0.300. The molecule has 0 aliphatic rings. The van der Waals surface area contributed by atoms with Gasteiger partial charge in [-0.05, 0) is 12.1 Å². The second-order valence-electron chi connectivity index (χ2n) is 3.23. The smallest absolute Gasteiger partial charge is 0.166 e. The molecule has 2 aromatic rings. The zero-order chi connectivity index (χ0) is 9.26. The van der Waals surface area contributed by atoms with Gasteiger partial charge < -0.3 is 4.98 Å². The molecule has 76 valence electrons. The summed E-state index contributed by atoms with van der Waals surface area (Å²) in [5.41, 5.74) is 2.16. The predicted molar refractivity (Wildman–Crippen MR) is 67.4 cm³/mol. The van der Waals surface area contributed by atoms with Crippen LogP contribution in [0.1, 0.15) is 13.8 Å². The predicted octanol–water partition coefficient (Wildman–Crippen LogP) is 3.64. The van der Waals surface area contributed by atoms with Crippen molar-refractivity contribution in [3.8, 4) is 0 Å². The fourth-order valence-electron chi connectivity index (χ4n) is 1.21. The third kappa shape index (κ3) is 2.51. The van der Waals surface area contributed by atoms with E-state index in [9.17, 15) is 0 Å². The van der Waals surface area contributed by atoms with E-state index >= 15 is 0 Å². The molecule has 4 heteroatoms. The van der Waals surface area contributed by atoms with Crippen LogP contribution in [0.2, 0.25) is 0 Å². The molecule has 0 aliphatic heterocycles. The average molecular weight is 273 g/mol. The number of imidazole rings is 1. The number of aromatic amines is 1. The molecular weight excluding hydrogens is 260 g/mol. The van der Waals surface area contributed by atoms with E-state index in [1.807, 2.05) is 24.3 Å². The molecular formula is C10H13BrN2S. The third-order valence-electron chi connectivity index (χ3n) is 1.71. The summed E-state index contributed by atoms with van der Waals surface area (Å²) in [5.74, 6) is 0. The molecule has 0 saturated carbocycles. The molecule has 1 heterocycles. The highest BCUT2D eigenvalue weighted by molar-refractivity contribution is 8.93. The first-order valence-corrected chi connectivity index (χ1v) is 5.25. The number of nitrogens with zero attached hydrogens (tertiary/aromatic N) is 1. The van der Waals surface area contributed by atoms with Gasteiger partial charge in [0, 0.05) is 5.25 Å². The Morgan fingerprint density at radius 2 is 2.00 bits per heavy atom. The Morgan fingerprint density at radius 1 is 1.29 bits per heavy atom. The summed E-state index contributed by atoms with van der Waals surface area (Å²) in [4.78, 5) is 7.74. The van der Waals surface area contributed by atoms with E-state index in [1.54, 1.807) is 11.8 Å². The number of aromatic nitrogens is 2. The number of nitrogens with one attached hydrogen (secondary N) is 1. The zero-order valence-electron chi connectivity index (χ0n) is 8.15. The molecule has 2 rings (SSSR count). The summed E-state index contributed by atoms with van der Waals surface area (Å²) in [6.45, 7) is 4.33. The van der Waals surface area contributed by atoms with Gasteiger partial charge in [0.15, 0.2) is 5.16 Å². The molecule has 0 amide bonds. The van der Waals surface area contributed by atoms with Crippen molar-refractivity contribution in [3.05, 3.63) is 24.3 Å². The van der Waals surface area contributed by atoms with Crippen LogP contribution in [0.15, 0.2) is 29.4 Å². The lowest BCUT2D eigenvalue weighted by atomic mass is 10.3. The summed E-state index contributed by atoms with van der Waals surface area (Å²) < 4.78 is 0. The van der Waals surface area contributed by atoms with Crippen LogP contribution in [0, 0.1) is 0 Å². The summed E-state index contributed by atoms with van der Waals surface area (Å²) in [6.07, 6.45) is 0. The largest absolute Gasteiger partial charge is 0.333 e. The van der Waals surface area contributed by atoms with Crippen LogP contribution in [-0.4, -0.2) is 15.2 Å². The van der Waals surface area contributed by atoms with Gasteiger partial charge in [-0.15, -0.1) is 17.0 Å². The van der Waals surface area contributed by atoms with E-state index in [0.717, 1.165) is 16.2 Å². The maximum absolute atomic E-state index is 4.46. The number of hydrogen-bond donors (Lipinski definition) is 1. The number of benzene rings is 1. The van der Waals surface area contributed by atoms with Crippen molar-refractivity contribution in [2.45, 2.75) is 24.3 Å². The van der Waals surface area contributed by atoms with Crippen LogP contribution in [0.5, 0.6) is 0 Å². The van der Waals surface area contributed by atoms with Crippen LogP contribution >= 0.6 is 28.7 Å². The number of para-hydroxylation sites is 2. The molecule has 1 aromatic heterocycles. The van der Waals surface area contributed by atoms with Gasteiger partial charge in [0.2, 0.25) is 0 Å². The van der Waals surface area contributed by atoms with Gasteiger partial charge in [-0.2, -0.15) is 0 Å². The van der Waals surface area contributed by atoms with Crippen molar-refractivity contribution >= 4 is 39.8 Å². The highest BCUT2D eigenvalue weighted by atomic mass is 79.9. The van der Waals surface area contributed by atoms with Crippen LogP contribution in [-0.2, 0) is 0 Å². The summed E-state index contributed by atoms with van der Waals surface area (Å²) >= 11 is 1.76. The first-order valence-electron chi connectivity index (χ1n) is 4.37. The van der Waals surface area contributed by atoms with E-state index < -0.39 is 0 Å². The third-order valence-corrected chi connectivity index (χ3v) is 2.60. The van der Waals surface area contributed by atoms with Gasteiger partial charge >= 0.3 is 0 Å². The molecule has 0 atom stereocenters. The van der Waals surface area contributed by atoms with E-state index in [1.165, 1.54) is 0 Å². The molecule has 0 saturated heterocycles. The van der Waals surface area contributed by atoms with E-state index in [-0.39, 0.29) is 17.0 Å². The molecule has 14 heavy (non-hydrogen) atoms. The second kappa shape index (κ2) is 4.84. The molecule has 0 unspecified atom stereocenters. The molecule has 1 aromatic carbocycles. The number of fused-ring (bicyclic) bond motifs is 1. The first kappa shape index (κ1) is 11.6. The second-order valence-corrected chi connectivity index (χ2v) is 4.79. The van der Waals surface area contributed by atoms with Crippen LogP contribution in [0.3, 0.4) is 0 Å². The Labute approximate surface area is 98.3 Å². The van der Waals surface area contributed by atoms with Crippen molar-refractivity contribution in [1.29, 1.82) is 0 Å². The Bertz CT molecular complexity index is 378. The Balaban J connectivity index is 0.000000980. The van der Waals surface area contributed by atoms with E-state index in [0.29, 0.717) is 5.25 Å². The van der Waals surface area contributed by atoms with Gasteiger partial charge in [-0.3, -0.25) is 0 Å². The van der Waals surface area contributed by atoms with Gasteiger partial charge in [0.25, 0.3) is 0 Å². The number of H-pyrrole nitrogens is 1. The molecule has 1 N–H and O–H groups in total. The normalized spacial score (nSPS) is 10.5. The quantitative estimate of drug-likeness (QED) is 0.846. The van der Waals surface area contributed by atoms with Crippen molar-refractivity contribution in [2.75, 3.05) is 0 Å². The van der Waals surface area contributed by atoms with E-state index in [4.69, 9.17) is 0 Å². The lowest BCUT2D eigenvalue weighted by Gasteiger charge is -1.97. The number of halogens is 1. The highest BCUT2D eigenvalue weighted by Gasteiger charge is 2.03. The highest BCUT2D eigenvalue weighted by Crippen LogP contribution is 2.22. The van der Waals surface area contributed by atoms with Crippen molar-refractivity contribution in [1.82, 2.24) is 9.97 Å². The zero-order valence-corrected chi connectivity index (χ0v) is 10.7. The van der Waals surface area contributed by atoms with Gasteiger partial charge in [-0.1, -0.05) is 37.7 Å². The number of thioether (sulfide) groups is 1. The molecule has 0 radical (unpaired) electrons. The molecule has 0 spiro atoms. The van der Waals surface area contributed by atoms with Crippen LogP contribution < -0.4 is 0 Å². The van der Waals surface area contributed by atoms with Gasteiger partial charge in [0.05, 0.1) is 11.0 Å².